The van der Waals surface area contributed by atoms with Gasteiger partial charge in [-0.05, 0) is 13.0 Å². The predicted molar refractivity (Wildman–Crippen MR) is 57.9 cm³/mol. The van der Waals surface area contributed by atoms with E-state index in [4.69, 9.17) is 5.84 Å². The minimum Gasteiger partial charge on any atom is -0.308 e. The van der Waals surface area contributed by atoms with E-state index in [0.717, 1.165) is 5.56 Å². The standard InChI is InChI=1S/C9H10N4S/c1-6-4-7(5-14-6)9-11-3-2-8(12-9)13-10/h2-5H,10H2,1H3,(H,11,12,13). The summed E-state index contributed by atoms with van der Waals surface area (Å²) in [7, 11) is 0. The van der Waals surface area contributed by atoms with E-state index in [1.54, 1.807) is 23.6 Å². The van der Waals surface area contributed by atoms with Crippen LogP contribution >= 0.6 is 11.3 Å². The zero-order chi connectivity index (χ0) is 9.97. The summed E-state index contributed by atoms with van der Waals surface area (Å²) in [5.41, 5.74) is 3.53. The van der Waals surface area contributed by atoms with Crippen molar-refractivity contribution in [2.75, 3.05) is 5.43 Å². The fraction of sp³-hybridized carbons (Fsp3) is 0.111. The van der Waals surface area contributed by atoms with Crippen LogP contribution in [0.2, 0.25) is 0 Å². The summed E-state index contributed by atoms with van der Waals surface area (Å²) >= 11 is 1.68. The molecule has 72 valence electrons. The minimum atomic E-state index is 0.624. The van der Waals surface area contributed by atoms with E-state index in [9.17, 15) is 0 Å². The Bertz CT molecular complexity index is 438. The van der Waals surface area contributed by atoms with Gasteiger partial charge in [0.15, 0.2) is 5.82 Å². The number of anilines is 1. The maximum Gasteiger partial charge on any atom is 0.162 e. The molecule has 0 unspecified atom stereocenters. The molecule has 0 radical (unpaired) electrons. The fourth-order valence-electron chi connectivity index (χ4n) is 1.14. The van der Waals surface area contributed by atoms with Crippen molar-refractivity contribution in [2.45, 2.75) is 6.92 Å². The minimum absolute atomic E-state index is 0.624. The van der Waals surface area contributed by atoms with E-state index in [2.05, 4.69) is 28.4 Å². The molecule has 0 aliphatic heterocycles. The number of nitrogens with zero attached hydrogens (tertiary/aromatic N) is 2. The lowest BCUT2D eigenvalue weighted by molar-refractivity contribution is 1.15. The van der Waals surface area contributed by atoms with Crippen LogP contribution in [0.4, 0.5) is 5.82 Å². The molecule has 0 fully saturated rings. The number of nitrogen functional groups attached to an aromatic ring is 1. The van der Waals surface area contributed by atoms with Gasteiger partial charge in [-0.3, -0.25) is 0 Å². The Morgan fingerprint density at radius 2 is 2.36 bits per heavy atom. The number of hydrogen-bond acceptors (Lipinski definition) is 5. The first-order chi connectivity index (χ1) is 6.79. The van der Waals surface area contributed by atoms with Crippen molar-refractivity contribution in [3.63, 3.8) is 0 Å². The zero-order valence-electron chi connectivity index (χ0n) is 7.69. The molecule has 3 N–H and O–H groups in total. The van der Waals surface area contributed by atoms with Gasteiger partial charge in [-0.2, -0.15) is 0 Å². The van der Waals surface area contributed by atoms with E-state index < -0.39 is 0 Å². The van der Waals surface area contributed by atoms with Crippen LogP contribution in [0.3, 0.4) is 0 Å². The lowest BCUT2D eigenvalue weighted by Gasteiger charge is -1.99. The van der Waals surface area contributed by atoms with Crippen LogP contribution in [0.15, 0.2) is 23.7 Å². The quantitative estimate of drug-likeness (QED) is 0.581. The number of aromatic nitrogens is 2. The molecular formula is C9H10N4S. The molecule has 0 aromatic carbocycles. The topological polar surface area (TPSA) is 63.8 Å². The second-order valence-electron chi connectivity index (χ2n) is 2.86. The molecule has 0 atom stereocenters. The maximum absolute atomic E-state index is 5.26. The molecule has 0 amide bonds. The van der Waals surface area contributed by atoms with Gasteiger partial charge in [0, 0.05) is 28.1 Å². The van der Waals surface area contributed by atoms with Crippen LogP contribution in [0, 0.1) is 6.92 Å². The summed E-state index contributed by atoms with van der Waals surface area (Å²) in [6.07, 6.45) is 1.69. The highest BCUT2D eigenvalue weighted by atomic mass is 32.1. The molecule has 0 aliphatic rings. The van der Waals surface area contributed by atoms with Crippen molar-refractivity contribution in [1.82, 2.24) is 9.97 Å². The lowest BCUT2D eigenvalue weighted by Crippen LogP contribution is -2.08. The van der Waals surface area contributed by atoms with Crippen molar-refractivity contribution in [3.05, 3.63) is 28.6 Å². The largest absolute Gasteiger partial charge is 0.308 e. The highest BCUT2D eigenvalue weighted by Crippen LogP contribution is 2.22. The van der Waals surface area contributed by atoms with Gasteiger partial charge in [-0.1, -0.05) is 0 Å². The molecule has 5 heteroatoms. The Morgan fingerprint density at radius 1 is 1.50 bits per heavy atom. The van der Waals surface area contributed by atoms with Gasteiger partial charge in [-0.15, -0.1) is 11.3 Å². The summed E-state index contributed by atoms with van der Waals surface area (Å²) in [5.74, 6) is 6.59. The van der Waals surface area contributed by atoms with Crippen LogP contribution in [0.1, 0.15) is 4.88 Å². The molecule has 0 saturated carbocycles. The van der Waals surface area contributed by atoms with E-state index in [0.29, 0.717) is 11.6 Å². The van der Waals surface area contributed by atoms with Crippen molar-refractivity contribution >= 4 is 17.2 Å². The SMILES string of the molecule is Cc1cc(-c2nccc(NN)n2)cs1. The van der Waals surface area contributed by atoms with Crippen molar-refractivity contribution in [3.8, 4) is 11.4 Å². The molecule has 4 nitrogen and oxygen atoms in total. The molecule has 14 heavy (non-hydrogen) atoms. The number of rotatable bonds is 2. The molecule has 2 aromatic rings. The second-order valence-corrected chi connectivity index (χ2v) is 3.97. The van der Waals surface area contributed by atoms with Crippen LogP contribution in [-0.2, 0) is 0 Å². The molecular weight excluding hydrogens is 196 g/mol. The first kappa shape index (κ1) is 9.11. The van der Waals surface area contributed by atoms with Gasteiger partial charge >= 0.3 is 0 Å². The number of thiophene rings is 1. The van der Waals surface area contributed by atoms with Gasteiger partial charge in [0.25, 0.3) is 0 Å². The third kappa shape index (κ3) is 1.73. The molecule has 0 aliphatic carbocycles. The summed E-state index contributed by atoms with van der Waals surface area (Å²) < 4.78 is 0. The van der Waals surface area contributed by atoms with Crippen LogP contribution in [0.25, 0.3) is 11.4 Å². The summed E-state index contributed by atoms with van der Waals surface area (Å²) in [6, 6.07) is 3.78. The van der Waals surface area contributed by atoms with Crippen molar-refractivity contribution in [2.24, 2.45) is 5.84 Å². The summed E-state index contributed by atoms with van der Waals surface area (Å²) in [6.45, 7) is 2.05. The van der Waals surface area contributed by atoms with E-state index in [1.165, 1.54) is 4.88 Å². The van der Waals surface area contributed by atoms with Gasteiger partial charge in [0.1, 0.15) is 5.82 Å². The molecule has 2 rings (SSSR count). The average molecular weight is 206 g/mol. The number of nitrogens with two attached hydrogens (primary N) is 1. The van der Waals surface area contributed by atoms with Crippen molar-refractivity contribution < 1.29 is 0 Å². The monoisotopic (exact) mass is 206 g/mol. The molecule has 2 aromatic heterocycles. The Balaban J connectivity index is 2.41. The molecule has 0 saturated heterocycles. The third-order valence-corrected chi connectivity index (χ3v) is 2.65. The number of hydrogen-bond donors (Lipinski definition) is 2. The predicted octanol–water partition coefficient (Wildman–Crippen LogP) is 1.80. The Morgan fingerprint density at radius 3 is 3.00 bits per heavy atom. The Kier molecular flexibility index (Phi) is 2.43. The lowest BCUT2D eigenvalue weighted by atomic mass is 10.3. The average Bonchev–Trinajstić information content (AvgIpc) is 2.65. The number of nitrogens with one attached hydrogen (secondary N) is 1. The number of aryl methyl sites for hydroxylation is 1. The Hall–Kier alpha value is -1.46. The normalized spacial score (nSPS) is 10.1. The molecule has 2 heterocycles. The third-order valence-electron chi connectivity index (χ3n) is 1.79. The van der Waals surface area contributed by atoms with Gasteiger partial charge in [0.2, 0.25) is 0 Å². The van der Waals surface area contributed by atoms with Gasteiger partial charge in [0.05, 0.1) is 0 Å². The van der Waals surface area contributed by atoms with E-state index >= 15 is 0 Å². The van der Waals surface area contributed by atoms with Gasteiger partial charge < -0.3 is 5.43 Å². The van der Waals surface area contributed by atoms with Crippen LogP contribution in [-0.4, -0.2) is 9.97 Å². The number of hydrazine groups is 1. The first-order valence-corrected chi connectivity index (χ1v) is 5.03. The Labute approximate surface area is 85.8 Å². The molecule has 0 spiro atoms. The smallest absolute Gasteiger partial charge is 0.162 e. The summed E-state index contributed by atoms with van der Waals surface area (Å²) in [5, 5.41) is 2.03. The maximum atomic E-state index is 5.26. The van der Waals surface area contributed by atoms with Crippen LogP contribution in [0.5, 0.6) is 0 Å². The first-order valence-electron chi connectivity index (χ1n) is 4.15. The van der Waals surface area contributed by atoms with E-state index in [-0.39, 0.29) is 0 Å². The second kappa shape index (κ2) is 3.73. The highest BCUT2D eigenvalue weighted by Gasteiger charge is 2.03. The highest BCUT2D eigenvalue weighted by molar-refractivity contribution is 7.10. The molecule has 0 bridgehead atoms. The van der Waals surface area contributed by atoms with Gasteiger partial charge in [-0.25, -0.2) is 15.8 Å². The van der Waals surface area contributed by atoms with E-state index in [1.807, 2.05) is 5.38 Å². The van der Waals surface area contributed by atoms with Crippen molar-refractivity contribution in [1.29, 1.82) is 0 Å². The zero-order valence-corrected chi connectivity index (χ0v) is 8.51. The fourth-order valence-corrected chi connectivity index (χ4v) is 1.82. The summed E-state index contributed by atoms with van der Waals surface area (Å²) in [4.78, 5) is 9.65. The van der Waals surface area contributed by atoms with Crippen LogP contribution < -0.4 is 11.3 Å².